The third-order valence-corrected chi connectivity index (χ3v) is 3.78. The van der Waals surface area contributed by atoms with Crippen molar-refractivity contribution in [1.82, 2.24) is 0 Å². The fraction of sp³-hybridized carbons (Fsp3) is 0.923. The molecule has 3 nitrogen and oxygen atoms in total. The van der Waals surface area contributed by atoms with Crippen LogP contribution in [-0.4, -0.2) is 23.2 Å². The van der Waals surface area contributed by atoms with Crippen LogP contribution in [0, 0.1) is 0 Å². The van der Waals surface area contributed by atoms with Crippen LogP contribution in [0.2, 0.25) is 0 Å². The van der Waals surface area contributed by atoms with Crippen LogP contribution in [0.5, 0.6) is 0 Å². The zero-order chi connectivity index (χ0) is 13.5. The normalized spacial score (nSPS) is 13.6. The van der Waals surface area contributed by atoms with Crippen molar-refractivity contribution < 1.29 is 14.3 Å². The first-order valence-corrected chi connectivity index (χ1v) is 6.92. The van der Waals surface area contributed by atoms with E-state index in [0.29, 0.717) is 12.8 Å². The van der Waals surface area contributed by atoms with Gasteiger partial charge in [0.25, 0.3) is 0 Å². The Morgan fingerprint density at radius 2 is 1.65 bits per heavy atom. The highest BCUT2D eigenvalue weighted by Gasteiger charge is 2.36. The van der Waals surface area contributed by atoms with Gasteiger partial charge in [0.1, 0.15) is 11.7 Å². The summed E-state index contributed by atoms with van der Waals surface area (Å²) in [7, 11) is 0. The molecule has 0 rings (SSSR count). The summed E-state index contributed by atoms with van der Waals surface area (Å²) in [5.41, 5.74) is -0.620. The number of halogens is 1. The maximum atomic E-state index is 11.7. The number of rotatable bonds is 7. The Balaban J connectivity index is 4.51. The van der Waals surface area contributed by atoms with Crippen molar-refractivity contribution >= 4 is 17.8 Å². The molecule has 0 amide bonds. The molecule has 0 heterocycles. The smallest absolute Gasteiger partial charge is 0.431 e. The second kappa shape index (κ2) is 7.80. The summed E-state index contributed by atoms with van der Waals surface area (Å²) in [6.45, 7) is 9.75. The monoisotopic (exact) mass is 264 g/mol. The molecule has 0 aliphatic carbocycles. The Labute approximate surface area is 110 Å². The van der Waals surface area contributed by atoms with Crippen LogP contribution in [0.25, 0.3) is 0 Å². The third kappa shape index (κ3) is 4.74. The minimum Gasteiger partial charge on any atom is -0.431 e. The molecule has 0 spiro atoms. The Morgan fingerprint density at radius 3 is 1.94 bits per heavy atom. The predicted octanol–water partition coefficient (Wildman–Crippen LogP) is 4.51. The fourth-order valence-corrected chi connectivity index (χ4v) is 2.17. The predicted molar refractivity (Wildman–Crippen MR) is 70.6 cm³/mol. The average molecular weight is 265 g/mol. The van der Waals surface area contributed by atoms with Gasteiger partial charge in [0.15, 0.2) is 0 Å². The SMILES string of the molecule is CCC(CC)OC(=O)OC(CC)(CC)C(C)Cl. The van der Waals surface area contributed by atoms with Gasteiger partial charge in [-0.3, -0.25) is 0 Å². The molecule has 0 bridgehead atoms. The topological polar surface area (TPSA) is 35.5 Å². The molecule has 1 atom stereocenters. The van der Waals surface area contributed by atoms with Gasteiger partial charge >= 0.3 is 6.16 Å². The first-order chi connectivity index (χ1) is 7.95. The highest BCUT2D eigenvalue weighted by molar-refractivity contribution is 6.21. The van der Waals surface area contributed by atoms with E-state index in [1.165, 1.54) is 0 Å². The molecule has 0 aromatic carbocycles. The van der Waals surface area contributed by atoms with Crippen molar-refractivity contribution in [2.75, 3.05) is 0 Å². The van der Waals surface area contributed by atoms with Gasteiger partial charge in [-0.15, -0.1) is 11.6 Å². The molecule has 0 saturated heterocycles. The molecule has 0 aliphatic rings. The first kappa shape index (κ1) is 16.6. The van der Waals surface area contributed by atoms with E-state index in [2.05, 4.69) is 0 Å². The standard InChI is InChI=1S/C13H25ClO3/c1-6-11(7-2)16-12(15)17-13(8-3,9-4)10(5)14/h10-11H,6-9H2,1-5H3. The van der Waals surface area contributed by atoms with Gasteiger partial charge in [-0.2, -0.15) is 0 Å². The van der Waals surface area contributed by atoms with Crippen molar-refractivity contribution in [3.05, 3.63) is 0 Å². The van der Waals surface area contributed by atoms with Crippen LogP contribution in [0.15, 0.2) is 0 Å². The summed E-state index contributed by atoms with van der Waals surface area (Å²) >= 11 is 6.12. The van der Waals surface area contributed by atoms with E-state index in [1.54, 1.807) is 0 Å². The summed E-state index contributed by atoms with van der Waals surface area (Å²) in [5, 5.41) is -0.230. The Bertz CT molecular complexity index is 221. The molecule has 0 aliphatic heterocycles. The van der Waals surface area contributed by atoms with E-state index in [9.17, 15) is 4.79 Å². The van der Waals surface area contributed by atoms with Crippen molar-refractivity contribution in [2.45, 2.75) is 77.4 Å². The van der Waals surface area contributed by atoms with Crippen LogP contribution >= 0.6 is 11.6 Å². The molecule has 0 aromatic rings. The summed E-state index contributed by atoms with van der Waals surface area (Å²) < 4.78 is 10.7. The molecule has 0 saturated carbocycles. The lowest BCUT2D eigenvalue weighted by Gasteiger charge is -2.33. The second-order valence-corrected chi connectivity index (χ2v) is 4.95. The number of hydrogen-bond donors (Lipinski definition) is 0. The molecule has 0 aromatic heterocycles. The van der Waals surface area contributed by atoms with E-state index in [-0.39, 0.29) is 11.5 Å². The molecule has 102 valence electrons. The zero-order valence-electron chi connectivity index (χ0n) is 11.6. The summed E-state index contributed by atoms with van der Waals surface area (Å²) in [6.07, 6.45) is 2.30. The highest BCUT2D eigenvalue weighted by Crippen LogP contribution is 2.29. The first-order valence-electron chi connectivity index (χ1n) is 6.49. The number of carbonyl (C=O) groups excluding carboxylic acids is 1. The minimum absolute atomic E-state index is 0.0699. The molecule has 4 heteroatoms. The van der Waals surface area contributed by atoms with E-state index in [1.807, 2.05) is 34.6 Å². The lowest BCUT2D eigenvalue weighted by atomic mass is 9.93. The molecular formula is C13H25ClO3. The maximum Gasteiger partial charge on any atom is 0.509 e. The van der Waals surface area contributed by atoms with Crippen molar-refractivity contribution in [2.24, 2.45) is 0 Å². The molecule has 0 radical (unpaired) electrons. The van der Waals surface area contributed by atoms with E-state index < -0.39 is 11.8 Å². The minimum atomic E-state index is -0.620. The Morgan fingerprint density at radius 1 is 1.18 bits per heavy atom. The molecule has 0 fully saturated rings. The van der Waals surface area contributed by atoms with E-state index >= 15 is 0 Å². The Hall–Kier alpha value is -0.440. The highest BCUT2D eigenvalue weighted by atomic mass is 35.5. The molecule has 17 heavy (non-hydrogen) atoms. The second-order valence-electron chi connectivity index (χ2n) is 4.30. The van der Waals surface area contributed by atoms with E-state index in [0.717, 1.165) is 12.8 Å². The van der Waals surface area contributed by atoms with Gasteiger partial charge in [-0.1, -0.05) is 27.7 Å². The zero-order valence-corrected chi connectivity index (χ0v) is 12.3. The van der Waals surface area contributed by atoms with Crippen molar-refractivity contribution in [3.8, 4) is 0 Å². The fourth-order valence-electron chi connectivity index (χ4n) is 1.82. The quantitative estimate of drug-likeness (QED) is 0.501. The number of hydrogen-bond acceptors (Lipinski definition) is 3. The molecule has 0 N–H and O–H groups in total. The van der Waals surface area contributed by atoms with Crippen molar-refractivity contribution in [1.29, 1.82) is 0 Å². The largest absolute Gasteiger partial charge is 0.509 e. The Kier molecular flexibility index (Phi) is 7.60. The number of alkyl halides is 1. The van der Waals surface area contributed by atoms with Crippen LogP contribution < -0.4 is 0 Å². The molecule has 1 unspecified atom stereocenters. The van der Waals surface area contributed by atoms with Gasteiger partial charge in [-0.25, -0.2) is 4.79 Å². The summed E-state index contributed by atoms with van der Waals surface area (Å²) in [4.78, 5) is 11.7. The van der Waals surface area contributed by atoms with Gasteiger partial charge in [-0.05, 0) is 32.6 Å². The van der Waals surface area contributed by atoms with Gasteiger partial charge in [0, 0.05) is 0 Å². The summed E-state index contributed by atoms with van der Waals surface area (Å²) in [6, 6.07) is 0. The number of ether oxygens (including phenoxy) is 2. The van der Waals surface area contributed by atoms with E-state index in [4.69, 9.17) is 21.1 Å². The van der Waals surface area contributed by atoms with Gasteiger partial charge in [0.05, 0.1) is 5.38 Å². The van der Waals surface area contributed by atoms with Crippen LogP contribution in [-0.2, 0) is 9.47 Å². The number of carbonyl (C=O) groups is 1. The lowest BCUT2D eigenvalue weighted by Crippen LogP contribution is -2.42. The van der Waals surface area contributed by atoms with Gasteiger partial charge < -0.3 is 9.47 Å². The van der Waals surface area contributed by atoms with Gasteiger partial charge in [0.2, 0.25) is 0 Å². The average Bonchev–Trinajstić information content (AvgIpc) is 2.32. The van der Waals surface area contributed by atoms with Crippen LogP contribution in [0.4, 0.5) is 4.79 Å². The van der Waals surface area contributed by atoms with Crippen LogP contribution in [0.1, 0.15) is 60.3 Å². The van der Waals surface area contributed by atoms with Crippen LogP contribution in [0.3, 0.4) is 0 Å². The van der Waals surface area contributed by atoms with Crippen molar-refractivity contribution in [3.63, 3.8) is 0 Å². The maximum absolute atomic E-state index is 11.7. The molecular weight excluding hydrogens is 240 g/mol. The third-order valence-electron chi connectivity index (χ3n) is 3.38. The lowest BCUT2D eigenvalue weighted by molar-refractivity contribution is -0.0552. The summed E-state index contributed by atoms with van der Waals surface area (Å²) in [5.74, 6) is 0.